The summed E-state index contributed by atoms with van der Waals surface area (Å²) >= 11 is 1.77. The van der Waals surface area contributed by atoms with Crippen molar-refractivity contribution in [1.82, 2.24) is 14.8 Å². The average Bonchev–Trinajstić information content (AvgIpc) is 2.50. The molecule has 1 saturated heterocycles. The zero-order valence-corrected chi connectivity index (χ0v) is 12.4. The first-order valence-corrected chi connectivity index (χ1v) is 7.45. The van der Waals surface area contributed by atoms with Crippen LogP contribution < -0.4 is 0 Å². The van der Waals surface area contributed by atoms with E-state index in [-0.39, 0.29) is 6.54 Å². The number of nitrogens with zero attached hydrogens (tertiary/aromatic N) is 3. The number of rotatable bonds is 4. The molecule has 0 saturated carbocycles. The Labute approximate surface area is 117 Å². The summed E-state index contributed by atoms with van der Waals surface area (Å²) in [6.07, 6.45) is 1.03. The van der Waals surface area contributed by atoms with E-state index in [0.717, 1.165) is 49.8 Å². The lowest BCUT2D eigenvalue weighted by molar-refractivity contribution is -0.138. The number of thiazole rings is 1. The van der Waals surface area contributed by atoms with E-state index >= 15 is 0 Å². The lowest BCUT2D eigenvalue weighted by Crippen LogP contribution is -2.33. The Morgan fingerprint density at radius 3 is 2.58 bits per heavy atom. The number of aromatic nitrogens is 1. The molecule has 0 spiro atoms. The maximum absolute atomic E-state index is 10.7. The molecule has 2 rings (SSSR count). The summed E-state index contributed by atoms with van der Waals surface area (Å²) in [6, 6.07) is 0. The molecular formula is C13H21N3O2S. The topological polar surface area (TPSA) is 56.7 Å². The minimum atomic E-state index is -0.734. The Balaban J connectivity index is 1.89. The van der Waals surface area contributed by atoms with Crippen molar-refractivity contribution in [3.8, 4) is 0 Å². The minimum Gasteiger partial charge on any atom is -0.480 e. The van der Waals surface area contributed by atoms with Crippen molar-refractivity contribution in [3.63, 3.8) is 0 Å². The van der Waals surface area contributed by atoms with Crippen molar-refractivity contribution >= 4 is 17.3 Å². The zero-order chi connectivity index (χ0) is 13.8. The molecule has 0 radical (unpaired) electrons. The lowest BCUT2D eigenvalue weighted by atomic mass is 10.3. The van der Waals surface area contributed by atoms with Crippen molar-refractivity contribution in [2.24, 2.45) is 0 Å². The van der Waals surface area contributed by atoms with Crippen molar-refractivity contribution in [2.75, 3.05) is 32.7 Å². The molecule has 1 aliphatic heterocycles. The number of hydrogen-bond acceptors (Lipinski definition) is 5. The Morgan fingerprint density at radius 2 is 1.95 bits per heavy atom. The van der Waals surface area contributed by atoms with Crippen LogP contribution in [-0.4, -0.2) is 58.6 Å². The molecule has 1 aromatic rings. The monoisotopic (exact) mass is 283 g/mol. The van der Waals surface area contributed by atoms with Gasteiger partial charge in [-0.25, -0.2) is 4.98 Å². The van der Waals surface area contributed by atoms with E-state index in [4.69, 9.17) is 5.11 Å². The van der Waals surface area contributed by atoms with Crippen LogP contribution in [0.25, 0.3) is 0 Å². The summed E-state index contributed by atoms with van der Waals surface area (Å²) in [5, 5.41) is 9.96. The van der Waals surface area contributed by atoms with Gasteiger partial charge in [-0.2, -0.15) is 0 Å². The van der Waals surface area contributed by atoms with Crippen LogP contribution in [0, 0.1) is 13.8 Å². The highest BCUT2D eigenvalue weighted by molar-refractivity contribution is 7.11. The summed E-state index contributed by atoms with van der Waals surface area (Å²) in [4.78, 5) is 21.0. The van der Waals surface area contributed by atoms with E-state index in [1.54, 1.807) is 11.3 Å². The molecule has 1 N–H and O–H groups in total. The highest BCUT2D eigenvalue weighted by atomic mass is 32.1. The van der Waals surface area contributed by atoms with Crippen molar-refractivity contribution in [1.29, 1.82) is 0 Å². The van der Waals surface area contributed by atoms with E-state index in [2.05, 4.69) is 16.8 Å². The molecule has 1 fully saturated rings. The number of aliphatic carboxylic acids is 1. The highest BCUT2D eigenvalue weighted by Crippen LogP contribution is 2.19. The predicted octanol–water partition coefficient (Wildman–Crippen LogP) is 1.35. The maximum atomic E-state index is 10.7. The number of carboxylic acids is 1. The van der Waals surface area contributed by atoms with Crippen LogP contribution in [-0.2, 0) is 11.3 Å². The highest BCUT2D eigenvalue weighted by Gasteiger charge is 2.18. The van der Waals surface area contributed by atoms with Gasteiger partial charge in [-0.05, 0) is 26.8 Å². The van der Waals surface area contributed by atoms with Gasteiger partial charge in [0.25, 0.3) is 0 Å². The third-order valence-corrected chi connectivity index (χ3v) is 4.46. The summed E-state index contributed by atoms with van der Waals surface area (Å²) < 4.78 is 0. The Morgan fingerprint density at radius 1 is 1.26 bits per heavy atom. The molecule has 6 heteroatoms. The first-order chi connectivity index (χ1) is 9.04. The van der Waals surface area contributed by atoms with Gasteiger partial charge >= 0.3 is 5.97 Å². The van der Waals surface area contributed by atoms with Gasteiger partial charge < -0.3 is 5.11 Å². The zero-order valence-electron chi connectivity index (χ0n) is 11.6. The molecular weight excluding hydrogens is 262 g/mol. The van der Waals surface area contributed by atoms with Crippen LogP contribution in [0.3, 0.4) is 0 Å². The number of carboxylic acid groups (broad SMARTS) is 1. The van der Waals surface area contributed by atoms with Gasteiger partial charge in [-0.1, -0.05) is 0 Å². The number of hydrogen-bond donors (Lipinski definition) is 1. The second-order valence-corrected chi connectivity index (χ2v) is 6.33. The Kier molecular flexibility index (Phi) is 4.90. The summed E-state index contributed by atoms with van der Waals surface area (Å²) in [5.74, 6) is -0.734. The van der Waals surface area contributed by atoms with E-state index < -0.39 is 5.97 Å². The van der Waals surface area contributed by atoms with Crippen molar-refractivity contribution < 1.29 is 9.90 Å². The molecule has 106 valence electrons. The molecule has 19 heavy (non-hydrogen) atoms. The smallest absolute Gasteiger partial charge is 0.317 e. The predicted molar refractivity (Wildman–Crippen MR) is 75.6 cm³/mol. The van der Waals surface area contributed by atoms with Crippen LogP contribution in [0.5, 0.6) is 0 Å². The lowest BCUT2D eigenvalue weighted by Gasteiger charge is -2.20. The van der Waals surface area contributed by atoms with Gasteiger partial charge in [0.05, 0.1) is 17.2 Å². The maximum Gasteiger partial charge on any atom is 0.317 e. The number of carbonyl (C=O) groups is 1. The fraction of sp³-hybridized carbons (Fsp3) is 0.692. The van der Waals surface area contributed by atoms with Gasteiger partial charge in [0.15, 0.2) is 0 Å². The molecule has 5 nitrogen and oxygen atoms in total. The van der Waals surface area contributed by atoms with Gasteiger partial charge in [-0.15, -0.1) is 11.3 Å². The van der Waals surface area contributed by atoms with E-state index in [9.17, 15) is 4.79 Å². The average molecular weight is 283 g/mol. The molecule has 0 atom stereocenters. The number of aryl methyl sites for hydroxylation is 2. The molecule has 0 amide bonds. The van der Waals surface area contributed by atoms with E-state index in [0.29, 0.717) is 0 Å². The van der Waals surface area contributed by atoms with Gasteiger partial charge in [0.2, 0.25) is 0 Å². The van der Waals surface area contributed by atoms with Crippen LogP contribution in [0.1, 0.15) is 22.0 Å². The molecule has 0 unspecified atom stereocenters. The summed E-state index contributed by atoms with van der Waals surface area (Å²) in [5.41, 5.74) is 1.13. The molecule has 0 aromatic carbocycles. The van der Waals surface area contributed by atoms with Crippen molar-refractivity contribution in [2.45, 2.75) is 26.8 Å². The second kappa shape index (κ2) is 6.45. The van der Waals surface area contributed by atoms with Gasteiger partial charge in [0, 0.05) is 31.1 Å². The Hall–Kier alpha value is -0.980. The third-order valence-electron chi connectivity index (χ3n) is 3.41. The van der Waals surface area contributed by atoms with Crippen LogP contribution in [0.2, 0.25) is 0 Å². The fourth-order valence-corrected chi connectivity index (χ4v) is 3.43. The normalized spacial score (nSPS) is 18.4. The summed E-state index contributed by atoms with van der Waals surface area (Å²) in [6.45, 7) is 8.89. The minimum absolute atomic E-state index is 0.159. The van der Waals surface area contributed by atoms with Gasteiger partial charge in [-0.3, -0.25) is 14.6 Å². The molecule has 1 aliphatic rings. The molecule has 1 aromatic heterocycles. The van der Waals surface area contributed by atoms with E-state index in [1.165, 1.54) is 4.88 Å². The van der Waals surface area contributed by atoms with Crippen LogP contribution in [0.15, 0.2) is 0 Å². The van der Waals surface area contributed by atoms with Crippen molar-refractivity contribution in [3.05, 3.63) is 15.6 Å². The largest absolute Gasteiger partial charge is 0.480 e. The summed E-state index contributed by atoms with van der Waals surface area (Å²) in [7, 11) is 0. The van der Waals surface area contributed by atoms with Crippen LogP contribution in [0.4, 0.5) is 0 Å². The SMILES string of the molecule is Cc1nc(C)c(CN2CCCN(CC(=O)O)CC2)s1. The van der Waals surface area contributed by atoms with Gasteiger partial charge in [0.1, 0.15) is 0 Å². The molecule has 0 bridgehead atoms. The standard InChI is InChI=1S/C13H21N3O2S/c1-10-12(19-11(2)14-10)8-15-4-3-5-16(7-6-15)9-13(17)18/h3-9H2,1-2H3,(H,17,18). The van der Waals surface area contributed by atoms with E-state index in [1.807, 2.05) is 11.8 Å². The molecule has 2 heterocycles. The first kappa shape index (κ1) is 14.4. The first-order valence-electron chi connectivity index (χ1n) is 6.64. The van der Waals surface area contributed by atoms with Crippen LogP contribution >= 0.6 is 11.3 Å². The third kappa shape index (κ3) is 4.26. The molecule has 0 aliphatic carbocycles. The second-order valence-electron chi connectivity index (χ2n) is 5.04. The Bertz CT molecular complexity index is 447. The fourth-order valence-electron chi connectivity index (χ4n) is 2.46. The quantitative estimate of drug-likeness (QED) is 0.904.